The van der Waals surface area contributed by atoms with E-state index in [2.05, 4.69) is 26.1 Å². The third-order valence-corrected chi connectivity index (χ3v) is 6.09. The van der Waals surface area contributed by atoms with E-state index in [4.69, 9.17) is 32.4 Å². The summed E-state index contributed by atoms with van der Waals surface area (Å²) in [7, 11) is 0. The molecule has 1 atom stereocenters. The fraction of sp³-hybridized carbons (Fsp3) is 0.214. The first-order valence-corrected chi connectivity index (χ1v) is 11.9. The molecule has 0 aliphatic carbocycles. The van der Waals surface area contributed by atoms with Crippen LogP contribution in [-0.2, 0) is 10.2 Å². The molecule has 0 fully saturated rings. The molecule has 4 rings (SSSR count). The van der Waals surface area contributed by atoms with Crippen LogP contribution in [0.25, 0.3) is 22.3 Å². The maximum Gasteiger partial charge on any atom is 0.265 e. The van der Waals surface area contributed by atoms with Gasteiger partial charge in [0, 0.05) is 21.3 Å². The zero-order valence-corrected chi connectivity index (χ0v) is 21.3. The first kappa shape index (κ1) is 24.8. The van der Waals surface area contributed by atoms with Crippen LogP contribution in [-0.4, -0.2) is 12.0 Å². The van der Waals surface area contributed by atoms with Crippen LogP contribution in [0.5, 0.6) is 5.75 Å². The number of halogens is 2. The predicted octanol–water partition coefficient (Wildman–Crippen LogP) is 7.47. The molecule has 1 heterocycles. The first-order chi connectivity index (χ1) is 16.5. The molecule has 3 aromatic carbocycles. The largest absolute Gasteiger partial charge is 0.473 e. The highest BCUT2D eigenvalue weighted by Crippen LogP contribution is 2.34. The average Bonchev–Trinajstić information content (AvgIpc) is 2.82. The summed E-state index contributed by atoms with van der Waals surface area (Å²) in [5.74, 6) is -0.231. The molecule has 5 nitrogen and oxygen atoms in total. The summed E-state index contributed by atoms with van der Waals surface area (Å²) >= 11 is 12.0. The summed E-state index contributed by atoms with van der Waals surface area (Å²) in [6.45, 7) is 7.94. The van der Waals surface area contributed by atoms with Gasteiger partial charge in [0.1, 0.15) is 5.58 Å². The lowest BCUT2D eigenvalue weighted by molar-refractivity contribution is -0.122. The average molecular weight is 510 g/mol. The Kier molecular flexibility index (Phi) is 6.93. The Hall–Kier alpha value is -3.28. The number of fused-ring (bicyclic) bond motifs is 1. The van der Waals surface area contributed by atoms with Gasteiger partial charge in [-0.1, -0.05) is 68.2 Å². The molecule has 0 unspecified atom stereocenters. The van der Waals surface area contributed by atoms with E-state index in [9.17, 15) is 9.59 Å². The van der Waals surface area contributed by atoms with Crippen LogP contribution >= 0.6 is 23.2 Å². The minimum absolute atomic E-state index is 0.0346. The minimum atomic E-state index is -0.988. The monoisotopic (exact) mass is 509 g/mol. The van der Waals surface area contributed by atoms with Crippen molar-refractivity contribution in [3.63, 3.8) is 0 Å². The highest BCUT2D eigenvalue weighted by atomic mass is 35.5. The third kappa shape index (κ3) is 5.53. The van der Waals surface area contributed by atoms with Gasteiger partial charge in [-0.2, -0.15) is 0 Å². The maximum atomic E-state index is 13.5. The van der Waals surface area contributed by atoms with Gasteiger partial charge in [0.25, 0.3) is 5.91 Å². The normalized spacial score (nSPS) is 12.4. The Morgan fingerprint density at radius 2 is 1.57 bits per heavy atom. The summed E-state index contributed by atoms with van der Waals surface area (Å²) in [4.78, 5) is 26.3. The smallest absolute Gasteiger partial charge is 0.265 e. The van der Waals surface area contributed by atoms with Crippen LogP contribution < -0.4 is 15.5 Å². The van der Waals surface area contributed by atoms with Crippen LogP contribution in [0.15, 0.2) is 75.9 Å². The van der Waals surface area contributed by atoms with E-state index in [1.54, 1.807) is 43.3 Å². The number of carbonyl (C=O) groups excluding carboxylic acids is 1. The van der Waals surface area contributed by atoms with Crippen LogP contribution in [0, 0.1) is 0 Å². The number of anilines is 1. The van der Waals surface area contributed by atoms with Crippen molar-refractivity contribution in [3.05, 3.63) is 92.6 Å². The Labute approximate surface area is 213 Å². The van der Waals surface area contributed by atoms with Crippen molar-refractivity contribution in [1.29, 1.82) is 0 Å². The van der Waals surface area contributed by atoms with Gasteiger partial charge < -0.3 is 14.5 Å². The summed E-state index contributed by atoms with van der Waals surface area (Å²) in [5, 5.41) is 3.99. The Morgan fingerprint density at radius 1 is 0.943 bits per heavy atom. The van der Waals surface area contributed by atoms with E-state index in [1.165, 1.54) is 6.07 Å². The van der Waals surface area contributed by atoms with Crippen molar-refractivity contribution in [2.75, 3.05) is 5.32 Å². The molecule has 180 valence electrons. The van der Waals surface area contributed by atoms with Gasteiger partial charge in [-0.25, -0.2) is 0 Å². The summed E-state index contributed by atoms with van der Waals surface area (Å²) in [6.07, 6.45) is -0.988. The number of carbonyl (C=O) groups is 1. The zero-order valence-electron chi connectivity index (χ0n) is 19.8. The lowest BCUT2D eigenvalue weighted by atomic mass is 9.86. The number of benzene rings is 3. The predicted molar refractivity (Wildman–Crippen MR) is 142 cm³/mol. The number of rotatable bonds is 5. The number of hydrogen-bond donors (Lipinski definition) is 1. The molecule has 7 heteroatoms. The van der Waals surface area contributed by atoms with Crippen molar-refractivity contribution in [2.24, 2.45) is 0 Å². The molecule has 0 radical (unpaired) electrons. The van der Waals surface area contributed by atoms with Crippen molar-refractivity contribution in [2.45, 2.75) is 39.2 Å². The van der Waals surface area contributed by atoms with E-state index >= 15 is 0 Å². The second kappa shape index (κ2) is 9.76. The van der Waals surface area contributed by atoms with E-state index in [1.807, 2.05) is 24.3 Å². The fourth-order valence-electron chi connectivity index (χ4n) is 3.58. The van der Waals surface area contributed by atoms with E-state index < -0.39 is 17.4 Å². The summed E-state index contributed by atoms with van der Waals surface area (Å²) < 4.78 is 12.1. The first-order valence-electron chi connectivity index (χ1n) is 11.1. The van der Waals surface area contributed by atoms with Crippen molar-refractivity contribution in [3.8, 4) is 17.1 Å². The molecule has 0 aliphatic rings. The Balaban J connectivity index is 1.74. The second-order valence-corrected chi connectivity index (χ2v) is 10.2. The number of ether oxygens (including phenoxy) is 1. The molecule has 0 spiro atoms. The molecule has 0 aliphatic heterocycles. The van der Waals surface area contributed by atoms with Gasteiger partial charge in [0.05, 0.1) is 5.39 Å². The standard InChI is InChI=1S/C28H25Cl2NO4/c1-16(27(33)31-21-12-9-19(29)10-13-21)34-26-24(32)22-15-20(30)11-14-23(22)35-25(26)17-5-7-18(8-6-17)28(2,3)4/h5-16H,1-4H3,(H,31,33)/t16-/m0/s1. The van der Waals surface area contributed by atoms with Crippen molar-refractivity contribution < 1.29 is 13.9 Å². The quantitative estimate of drug-likeness (QED) is 0.302. The fourth-order valence-corrected chi connectivity index (χ4v) is 3.87. The van der Waals surface area contributed by atoms with Gasteiger partial charge >= 0.3 is 0 Å². The molecule has 4 aromatic rings. The lowest BCUT2D eigenvalue weighted by Gasteiger charge is -2.20. The number of nitrogens with one attached hydrogen (secondary N) is 1. The molecule has 0 saturated carbocycles. The van der Waals surface area contributed by atoms with Gasteiger partial charge in [0.15, 0.2) is 11.9 Å². The van der Waals surface area contributed by atoms with Crippen LogP contribution in [0.2, 0.25) is 10.0 Å². The Morgan fingerprint density at radius 3 is 2.20 bits per heavy atom. The van der Waals surface area contributed by atoms with E-state index in [-0.39, 0.29) is 22.3 Å². The minimum Gasteiger partial charge on any atom is -0.473 e. The topological polar surface area (TPSA) is 68.5 Å². The molecular weight excluding hydrogens is 485 g/mol. The van der Waals surface area contributed by atoms with Gasteiger partial charge in [0.2, 0.25) is 11.2 Å². The second-order valence-electron chi connectivity index (χ2n) is 9.31. The summed E-state index contributed by atoms with van der Waals surface area (Å²) in [5.41, 5.74) is 2.29. The molecule has 0 saturated heterocycles. The van der Waals surface area contributed by atoms with Crippen LogP contribution in [0.4, 0.5) is 5.69 Å². The van der Waals surface area contributed by atoms with Crippen molar-refractivity contribution in [1.82, 2.24) is 0 Å². The molecular formula is C28H25Cl2NO4. The SMILES string of the molecule is C[C@H](Oc1c(-c2ccc(C(C)(C)C)cc2)oc2ccc(Cl)cc2c1=O)C(=O)Nc1ccc(Cl)cc1. The van der Waals surface area contributed by atoms with Gasteiger partial charge in [-0.05, 0) is 60.4 Å². The van der Waals surface area contributed by atoms with E-state index in [0.29, 0.717) is 26.9 Å². The van der Waals surface area contributed by atoms with Gasteiger partial charge in [-0.15, -0.1) is 0 Å². The van der Waals surface area contributed by atoms with Crippen LogP contribution in [0.1, 0.15) is 33.3 Å². The van der Waals surface area contributed by atoms with Crippen LogP contribution in [0.3, 0.4) is 0 Å². The zero-order chi connectivity index (χ0) is 25.3. The molecule has 1 N–H and O–H groups in total. The highest BCUT2D eigenvalue weighted by molar-refractivity contribution is 6.31. The molecule has 1 amide bonds. The number of amides is 1. The highest BCUT2D eigenvalue weighted by Gasteiger charge is 2.24. The third-order valence-electron chi connectivity index (χ3n) is 5.60. The van der Waals surface area contributed by atoms with E-state index in [0.717, 1.165) is 5.56 Å². The Bertz CT molecular complexity index is 1440. The van der Waals surface area contributed by atoms with Crippen molar-refractivity contribution >= 4 is 45.8 Å². The number of hydrogen-bond acceptors (Lipinski definition) is 4. The molecule has 35 heavy (non-hydrogen) atoms. The maximum absolute atomic E-state index is 13.5. The lowest BCUT2D eigenvalue weighted by Crippen LogP contribution is -2.31. The summed E-state index contributed by atoms with van der Waals surface area (Å²) in [6, 6.07) is 19.3. The van der Waals surface area contributed by atoms with Gasteiger partial charge in [-0.3, -0.25) is 9.59 Å². The molecule has 1 aromatic heterocycles. The molecule has 0 bridgehead atoms.